The summed E-state index contributed by atoms with van der Waals surface area (Å²) in [5.41, 5.74) is -0.416. The third-order valence-electron chi connectivity index (χ3n) is 2.12. The van der Waals surface area contributed by atoms with E-state index in [4.69, 9.17) is 5.11 Å². The van der Waals surface area contributed by atoms with Gasteiger partial charge >= 0.3 is 6.18 Å². The minimum absolute atomic E-state index is 0.127. The van der Waals surface area contributed by atoms with E-state index in [9.17, 15) is 13.2 Å². The molecule has 1 unspecified atom stereocenters. The van der Waals surface area contributed by atoms with Crippen LogP contribution in [0.2, 0.25) is 0 Å². The van der Waals surface area contributed by atoms with Gasteiger partial charge in [-0.05, 0) is 26.8 Å². The van der Waals surface area contributed by atoms with Crippen molar-refractivity contribution < 1.29 is 18.3 Å². The summed E-state index contributed by atoms with van der Waals surface area (Å²) in [5, 5.41) is 9.00. The van der Waals surface area contributed by atoms with Gasteiger partial charge in [-0.2, -0.15) is 13.2 Å². The van der Waals surface area contributed by atoms with Gasteiger partial charge in [0.25, 0.3) is 0 Å². The van der Waals surface area contributed by atoms with Crippen molar-refractivity contribution in [2.45, 2.75) is 38.6 Å². The van der Waals surface area contributed by atoms with E-state index in [0.29, 0.717) is 0 Å². The molecule has 0 amide bonds. The maximum absolute atomic E-state index is 12.2. The van der Waals surface area contributed by atoms with E-state index in [1.807, 2.05) is 20.8 Å². The van der Waals surface area contributed by atoms with Crippen LogP contribution in [0.15, 0.2) is 18.5 Å². The molecule has 1 atom stereocenters. The molecule has 15 heavy (non-hydrogen) atoms. The van der Waals surface area contributed by atoms with Gasteiger partial charge in [0.15, 0.2) is 6.10 Å². The zero-order chi connectivity index (χ0) is 11.9. The second-order valence-corrected chi connectivity index (χ2v) is 4.47. The van der Waals surface area contributed by atoms with Gasteiger partial charge in [-0.25, -0.2) is 0 Å². The van der Waals surface area contributed by atoms with Crippen molar-refractivity contribution in [1.82, 2.24) is 4.57 Å². The molecular weight excluding hydrogens is 207 g/mol. The molecule has 0 aromatic carbocycles. The average Bonchev–Trinajstić information content (AvgIpc) is 2.47. The molecule has 0 spiro atoms. The van der Waals surface area contributed by atoms with Crippen LogP contribution in [0, 0.1) is 0 Å². The quantitative estimate of drug-likeness (QED) is 0.775. The fourth-order valence-electron chi connectivity index (χ4n) is 1.18. The highest BCUT2D eigenvalue weighted by Crippen LogP contribution is 2.33. The van der Waals surface area contributed by atoms with Gasteiger partial charge in [-0.1, -0.05) is 0 Å². The molecule has 1 heterocycles. The van der Waals surface area contributed by atoms with Gasteiger partial charge in [-0.15, -0.1) is 0 Å². The van der Waals surface area contributed by atoms with Gasteiger partial charge in [0, 0.05) is 23.5 Å². The van der Waals surface area contributed by atoms with Crippen molar-refractivity contribution in [2.24, 2.45) is 0 Å². The highest BCUT2D eigenvalue weighted by atomic mass is 19.4. The third-order valence-corrected chi connectivity index (χ3v) is 2.12. The molecule has 0 radical (unpaired) electrons. The highest BCUT2D eigenvalue weighted by Gasteiger charge is 2.39. The molecule has 2 nitrogen and oxygen atoms in total. The van der Waals surface area contributed by atoms with Crippen molar-refractivity contribution >= 4 is 0 Å². The molecule has 0 fully saturated rings. The normalized spacial score (nSPS) is 15.4. The van der Waals surface area contributed by atoms with Gasteiger partial charge in [0.1, 0.15) is 0 Å². The summed E-state index contributed by atoms with van der Waals surface area (Å²) < 4.78 is 38.2. The number of alkyl halides is 3. The molecule has 5 heteroatoms. The van der Waals surface area contributed by atoms with Crippen LogP contribution in [0.1, 0.15) is 32.4 Å². The first-order valence-electron chi connectivity index (χ1n) is 4.55. The standard InChI is InChI=1S/C10H14F3NO/c1-9(2,3)14-5-4-7(6-14)8(15)10(11,12)13/h4-6,8,15H,1-3H3. The predicted molar refractivity (Wildman–Crippen MR) is 50.4 cm³/mol. The first-order valence-corrected chi connectivity index (χ1v) is 4.55. The first kappa shape index (κ1) is 12.1. The van der Waals surface area contributed by atoms with Gasteiger partial charge < -0.3 is 9.67 Å². The Balaban J connectivity index is 2.95. The van der Waals surface area contributed by atoms with Gasteiger partial charge in [0.05, 0.1) is 0 Å². The van der Waals surface area contributed by atoms with Crippen molar-refractivity contribution in [3.05, 3.63) is 24.0 Å². The maximum atomic E-state index is 12.2. The molecule has 0 bridgehead atoms. The Bertz CT molecular complexity index is 335. The molecule has 0 aliphatic rings. The van der Waals surface area contributed by atoms with Crippen molar-refractivity contribution in [3.8, 4) is 0 Å². The summed E-state index contributed by atoms with van der Waals surface area (Å²) in [6.45, 7) is 5.62. The fraction of sp³-hybridized carbons (Fsp3) is 0.600. The van der Waals surface area contributed by atoms with Crippen LogP contribution in [-0.4, -0.2) is 15.8 Å². The second-order valence-electron chi connectivity index (χ2n) is 4.47. The first-order chi connectivity index (χ1) is 6.62. The van der Waals surface area contributed by atoms with Crippen LogP contribution in [-0.2, 0) is 5.54 Å². The topological polar surface area (TPSA) is 25.2 Å². The van der Waals surface area contributed by atoms with E-state index in [2.05, 4.69) is 0 Å². The number of nitrogens with zero attached hydrogens (tertiary/aromatic N) is 1. The minimum atomic E-state index is -4.61. The van der Waals surface area contributed by atoms with Crippen LogP contribution >= 0.6 is 0 Å². The number of rotatable bonds is 1. The van der Waals surface area contributed by atoms with E-state index in [1.54, 1.807) is 4.57 Å². The van der Waals surface area contributed by atoms with Crippen molar-refractivity contribution in [2.75, 3.05) is 0 Å². The van der Waals surface area contributed by atoms with E-state index in [-0.39, 0.29) is 11.1 Å². The van der Waals surface area contributed by atoms with Gasteiger partial charge in [-0.3, -0.25) is 0 Å². The Morgan fingerprint density at radius 1 is 1.27 bits per heavy atom. The Kier molecular flexibility index (Phi) is 2.87. The van der Waals surface area contributed by atoms with E-state index in [0.717, 1.165) is 0 Å². The summed E-state index contributed by atoms with van der Waals surface area (Å²) in [4.78, 5) is 0. The molecule has 0 aliphatic heterocycles. The van der Waals surface area contributed by atoms with Crippen LogP contribution in [0.5, 0.6) is 0 Å². The third kappa shape index (κ3) is 2.75. The lowest BCUT2D eigenvalue weighted by atomic mass is 10.1. The molecule has 0 aliphatic carbocycles. The molecule has 1 N–H and O–H groups in total. The van der Waals surface area contributed by atoms with Crippen LogP contribution < -0.4 is 0 Å². The average molecular weight is 221 g/mol. The Labute approximate surface area is 86.3 Å². The zero-order valence-corrected chi connectivity index (χ0v) is 8.84. The van der Waals surface area contributed by atoms with Crippen LogP contribution in [0.25, 0.3) is 0 Å². The predicted octanol–water partition coefficient (Wildman–Crippen LogP) is 2.84. The number of hydrogen-bond acceptors (Lipinski definition) is 1. The zero-order valence-electron chi connectivity index (χ0n) is 8.84. The largest absolute Gasteiger partial charge is 0.418 e. The minimum Gasteiger partial charge on any atom is -0.379 e. The van der Waals surface area contributed by atoms with E-state index in [1.165, 1.54) is 18.5 Å². The van der Waals surface area contributed by atoms with Crippen LogP contribution in [0.4, 0.5) is 13.2 Å². The van der Waals surface area contributed by atoms with Crippen LogP contribution in [0.3, 0.4) is 0 Å². The smallest absolute Gasteiger partial charge is 0.379 e. The molecule has 86 valence electrons. The molecule has 1 aromatic rings. The number of hydrogen-bond donors (Lipinski definition) is 1. The number of aliphatic hydroxyl groups excluding tert-OH is 1. The maximum Gasteiger partial charge on any atom is 0.418 e. The SMILES string of the molecule is CC(C)(C)n1ccc(C(O)C(F)(F)F)c1. The lowest BCUT2D eigenvalue weighted by Crippen LogP contribution is -2.21. The Hall–Kier alpha value is -0.970. The Morgan fingerprint density at radius 2 is 1.80 bits per heavy atom. The lowest BCUT2D eigenvalue weighted by Gasteiger charge is -2.21. The number of aliphatic hydroxyl groups is 1. The molecular formula is C10H14F3NO. The lowest BCUT2D eigenvalue weighted by molar-refractivity contribution is -0.206. The second kappa shape index (κ2) is 3.56. The molecule has 0 saturated carbocycles. The van der Waals surface area contributed by atoms with Crippen molar-refractivity contribution in [3.63, 3.8) is 0 Å². The summed E-state index contributed by atoms with van der Waals surface area (Å²) >= 11 is 0. The summed E-state index contributed by atoms with van der Waals surface area (Å²) in [5.74, 6) is 0. The number of halogens is 3. The van der Waals surface area contributed by atoms with E-state index < -0.39 is 12.3 Å². The summed E-state index contributed by atoms with van der Waals surface area (Å²) in [6, 6.07) is 1.28. The monoisotopic (exact) mass is 221 g/mol. The molecule has 1 aromatic heterocycles. The summed E-state index contributed by atoms with van der Waals surface area (Å²) in [7, 11) is 0. The fourth-order valence-corrected chi connectivity index (χ4v) is 1.18. The number of aromatic nitrogens is 1. The van der Waals surface area contributed by atoms with E-state index >= 15 is 0 Å². The molecule has 1 rings (SSSR count). The summed E-state index contributed by atoms with van der Waals surface area (Å²) in [6.07, 6.45) is -4.16. The van der Waals surface area contributed by atoms with Gasteiger partial charge in [0.2, 0.25) is 0 Å². The Morgan fingerprint density at radius 3 is 2.13 bits per heavy atom. The molecule has 0 saturated heterocycles. The van der Waals surface area contributed by atoms with Crippen molar-refractivity contribution in [1.29, 1.82) is 0 Å². The highest BCUT2D eigenvalue weighted by molar-refractivity contribution is 5.16.